The Morgan fingerprint density at radius 1 is 0.907 bits per heavy atom. The Morgan fingerprint density at radius 3 is 2.31 bits per heavy atom. The van der Waals surface area contributed by atoms with Gasteiger partial charge in [-0.1, -0.05) is 24.3 Å². The summed E-state index contributed by atoms with van der Waals surface area (Å²) in [6, 6.07) is 11.7. The third-order valence-electron chi connectivity index (χ3n) is 11.7. The molecule has 0 spiro atoms. The molecule has 1 aromatic heterocycles. The number of anilines is 1. The van der Waals surface area contributed by atoms with Crippen LogP contribution in [0.4, 0.5) is 15.3 Å². The van der Waals surface area contributed by atoms with Gasteiger partial charge in [-0.25, -0.2) is 14.4 Å². The number of hydrogen-bond acceptors (Lipinski definition) is 9. The fourth-order valence-corrected chi connectivity index (χ4v) is 8.65. The Labute approximate surface area is 314 Å². The second-order valence-electron chi connectivity index (χ2n) is 15.1. The number of piperazine rings is 1. The molecule has 0 unspecified atom stereocenters. The number of carboxylic acids is 1. The number of aliphatic carboxylic acids is 1. The number of rotatable bonds is 9. The number of carbonyl (C=O) groups excluding carboxylic acids is 3. The van der Waals surface area contributed by atoms with Crippen LogP contribution < -0.4 is 11.1 Å². The van der Waals surface area contributed by atoms with E-state index in [4.69, 9.17) is 14.3 Å². The summed E-state index contributed by atoms with van der Waals surface area (Å²) in [5, 5.41) is 12.1. The molecule has 15 nitrogen and oxygen atoms in total. The van der Waals surface area contributed by atoms with Crippen LogP contribution in [0.25, 0.3) is 11.1 Å². The van der Waals surface area contributed by atoms with Crippen LogP contribution in [-0.2, 0) is 34.2 Å². The van der Waals surface area contributed by atoms with Crippen molar-refractivity contribution in [1.29, 1.82) is 0 Å². The number of ether oxygens (including phenoxy) is 1. The summed E-state index contributed by atoms with van der Waals surface area (Å²) < 4.78 is 13.0. The summed E-state index contributed by atoms with van der Waals surface area (Å²) >= 11 is 0. The number of aromatic nitrogens is 1. The zero-order chi connectivity index (χ0) is 37.9. The van der Waals surface area contributed by atoms with Gasteiger partial charge < -0.3 is 39.2 Å². The molecule has 0 saturated carbocycles. The van der Waals surface area contributed by atoms with Crippen LogP contribution >= 0.6 is 0 Å². The molecule has 3 fully saturated rings. The van der Waals surface area contributed by atoms with Gasteiger partial charge in [0, 0.05) is 96.7 Å². The lowest BCUT2D eigenvalue weighted by molar-refractivity contribution is -0.143. The smallest absolute Gasteiger partial charge is 0.419 e. The molecule has 1 atom stereocenters. The SMILES string of the molecule is Cc1cc(C[C@@H](OC(=O)N2CCC(N3CCc4ccccc4NC3=O)CC2)C(=O)N2CCC(N3CCN(CCC(=O)O)CC3)CC2)cc2oc(=O)n(C)c12. The van der Waals surface area contributed by atoms with Crippen molar-refractivity contribution >= 4 is 40.8 Å². The summed E-state index contributed by atoms with van der Waals surface area (Å²) in [6.07, 6.45) is 2.18. The minimum absolute atomic E-state index is 0.0231. The quantitative estimate of drug-likeness (QED) is 0.333. The van der Waals surface area contributed by atoms with Gasteiger partial charge in [-0.3, -0.25) is 19.1 Å². The number of hydrogen-bond donors (Lipinski definition) is 2. The van der Waals surface area contributed by atoms with Crippen LogP contribution in [0.2, 0.25) is 0 Å². The molecule has 0 aliphatic carbocycles. The normalized spacial score (nSPS) is 20.0. The number of amides is 4. The van der Waals surface area contributed by atoms with Gasteiger partial charge in [0.25, 0.3) is 5.91 Å². The number of piperidine rings is 2. The van der Waals surface area contributed by atoms with E-state index < -0.39 is 23.9 Å². The average molecular weight is 746 g/mol. The topological polar surface area (TPSA) is 161 Å². The molecule has 2 aromatic carbocycles. The summed E-state index contributed by atoms with van der Waals surface area (Å²) in [7, 11) is 1.65. The molecule has 2 N–H and O–H groups in total. The number of urea groups is 1. The number of likely N-dealkylation sites (tertiary alicyclic amines) is 2. The summed E-state index contributed by atoms with van der Waals surface area (Å²) in [5.41, 5.74) is 4.58. The number of nitrogens with zero attached hydrogens (tertiary/aromatic N) is 6. The molecule has 15 heteroatoms. The molecule has 7 rings (SSSR count). The number of nitrogens with one attached hydrogen (secondary N) is 1. The molecule has 3 saturated heterocycles. The van der Waals surface area contributed by atoms with Crippen LogP contribution in [0.15, 0.2) is 45.6 Å². The minimum Gasteiger partial charge on any atom is -0.481 e. The maximum Gasteiger partial charge on any atom is 0.419 e. The van der Waals surface area contributed by atoms with Crippen molar-refractivity contribution < 1.29 is 33.4 Å². The van der Waals surface area contributed by atoms with E-state index in [1.54, 1.807) is 22.9 Å². The van der Waals surface area contributed by atoms with E-state index in [0.717, 1.165) is 67.8 Å². The highest BCUT2D eigenvalue weighted by Crippen LogP contribution is 2.27. The number of aryl methyl sites for hydroxylation is 2. The van der Waals surface area contributed by atoms with Crippen LogP contribution in [-0.4, -0.2) is 142 Å². The largest absolute Gasteiger partial charge is 0.481 e. The van der Waals surface area contributed by atoms with Crippen molar-refractivity contribution in [3.63, 3.8) is 0 Å². The van der Waals surface area contributed by atoms with Crippen LogP contribution in [0.5, 0.6) is 0 Å². The fraction of sp³-hybridized carbons (Fsp3) is 0.564. The molecule has 3 aromatic rings. The molecular formula is C39H51N7O8. The highest BCUT2D eigenvalue weighted by atomic mass is 16.6. The second kappa shape index (κ2) is 16.2. The van der Waals surface area contributed by atoms with Crippen molar-refractivity contribution in [2.45, 2.75) is 70.1 Å². The number of carboxylic acid groups (broad SMARTS) is 1. The van der Waals surface area contributed by atoms with Crippen molar-refractivity contribution in [3.8, 4) is 0 Å². The van der Waals surface area contributed by atoms with E-state index in [0.29, 0.717) is 69.3 Å². The average Bonchev–Trinajstić information content (AvgIpc) is 3.35. The zero-order valence-electron chi connectivity index (χ0n) is 31.2. The van der Waals surface area contributed by atoms with Gasteiger partial charge in [0.1, 0.15) is 0 Å². The van der Waals surface area contributed by atoms with Crippen molar-refractivity contribution in [1.82, 2.24) is 29.1 Å². The Balaban J connectivity index is 0.991. The molecule has 4 amide bonds. The number of carbonyl (C=O) groups is 4. The first-order valence-electron chi connectivity index (χ1n) is 19.2. The van der Waals surface area contributed by atoms with E-state index in [-0.39, 0.29) is 30.8 Å². The van der Waals surface area contributed by atoms with E-state index in [9.17, 15) is 24.0 Å². The Kier molecular flexibility index (Phi) is 11.2. The molecule has 4 aliphatic rings. The van der Waals surface area contributed by atoms with Crippen molar-refractivity contribution in [2.24, 2.45) is 7.05 Å². The van der Waals surface area contributed by atoms with E-state index in [2.05, 4.69) is 15.1 Å². The predicted molar refractivity (Wildman–Crippen MR) is 200 cm³/mol. The van der Waals surface area contributed by atoms with Crippen LogP contribution in [0.3, 0.4) is 0 Å². The molecule has 0 bridgehead atoms. The zero-order valence-corrected chi connectivity index (χ0v) is 31.2. The van der Waals surface area contributed by atoms with Gasteiger partial charge in [-0.2, -0.15) is 0 Å². The standard InChI is InChI=1S/C39H51N7O8/c1-26-23-27(24-32-35(26)41(2)38(51)53-32)25-33(36(49)44-14-8-29(9-15-44)43-21-19-42(20-22-43)13-12-34(47)48)54-39(52)45-16-10-30(11-17-45)46-18-7-28-5-3-4-6-31(28)40-37(46)50/h3-6,23-24,29-30,33H,7-22,25H2,1-2H3,(H,40,50)(H,47,48)/t33-/m1/s1. The van der Waals surface area contributed by atoms with E-state index in [1.807, 2.05) is 42.2 Å². The Morgan fingerprint density at radius 2 is 1.59 bits per heavy atom. The number of oxazole rings is 1. The highest BCUT2D eigenvalue weighted by molar-refractivity contribution is 5.91. The summed E-state index contributed by atoms with van der Waals surface area (Å²) in [4.78, 5) is 74.4. The maximum absolute atomic E-state index is 14.2. The van der Waals surface area contributed by atoms with Crippen LogP contribution in [0.1, 0.15) is 48.8 Å². The van der Waals surface area contributed by atoms with Crippen molar-refractivity contribution in [2.75, 3.05) is 70.8 Å². The Hall–Kier alpha value is -4.89. The lowest BCUT2D eigenvalue weighted by Gasteiger charge is -2.43. The van der Waals surface area contributed by atoms with Crippen molar-refractivity contribution in [3.05, 3.63) is 63.6 Å². The Bertz CT molecular complexity index is 1920. The van der Waals surface area contributed by atoms with Gasteiger partial charge in [0.2, 0.25) is 0 Å². The lowest BCUT2D eigenvalue weighted by Crippen LogP contribution is -2.55. The third-order valence-corrected chi connectivity index (χ3v) is 11.7. The predicted octanol–water partition coefficient (Wildman–Crippen LogP) is 3.13. The third kappa shape index (κ3) is 8.26. The molecular weight excluding hydrogens is 694 g/mol. The fourth-order valence-electron chi connectivity index (χ4n) is 8.65. The minimum atomic E-state index is -1.08. The maximum atomic E-state index is 14.2. The molecule has 5 heterocycles. The summed E-state index contributed by atoms with van der Waals surface area (Å²) in [6.45, 7) is 8.29. The lowest BCUT2D eigenvalue weighted by atomic mass is 9.99. The van der Waals surface area contributed by atoms with Crippen LogP contribution in [0, 0.1) is 6.92 Å². The summed E-state index contributed by atoms with van der Waals surface area (Å²) in [5.74, 6) is -1.50. The second-order valence-corrected chi connectivity index (χ2v) is 15.1. The van der Waals surface area contributed by atoms with E-state index >= 15 is 0 Å². The molecule has 54 heavy (non-hydrogen) atoms. The highest BCUT2D eigenvalue weighted by Gasteiger charge is 2.37. The number of benzene rings is 2. The molecule has 290 valence electrons. The van der Waals surface area contributed by atoms with Gasteiger partial charge in [-0.15, -0.1) is 0 Å². The van der Waals surface area contributed by atoms with Gasteiger partial charge in [-0.05, 0) is 67.9 Å². The van der Waals surface area contributed by atoms with E-state index in [1.165, 1.54) is 4.57 Å². The van der Waals surface area contributed by atoms with Gasteiger partial charge in [0.05, 0.1) is 11.9 Å². The molecule has 0 radical (unpaired) electrons. The first kappa shape index (κ1) is 37.4. The number of para-hydroxylation sites is 1. The number of fused-ring (bicyclic) bond motifs is 2. The first-order chi connectivity index (χ1) is 26.0. The van der Waals surface area contributed by atoms with Gasteiger partial charge in [0.15, 0.2) is 11.7 Å². The van der Waals surface area contributed by atoms with Gasteiger partial charge >= 0.3 is 23.8 Å². The first-order valence-corrected chi connectivity index (χ1v) is 19.2. The molecule has 4 aliphatic heterocycles. The monoisotopic (exact) mass is 745 g/mol.